The molecule has 4 rings (SSSR count). The van der Waals surface area contributed by atoms with Crippen LogP contribution in [0.15, 0.2) is 33.9 Å². The van der Waals surface area contributed by atoms with Crippen LogP contribution in [0.1, 0.15) is 18.4 Å². The van der Waals surface area contributed by atoms with Gasteiger partial charge in [-0.05, 0) is 63.0 Å². The van der Waals surface area contributed by atoms with Gasteiger partial charge < -0.3 is 4.90 Å². The van der Waals surface area contributed by atoms with Crippen molar-refractivity contribution in [3.05, 3.63) is 40.2 Å². The summed E-state index contributed by atoms with van der Waals surface area (Å²) >= 11 is 8.86. The molecule has 172 valence electrons. The average Bonchev–Trinajstić information content (AvgIpc) is 3.51. The third-order valence-electron chi connectivity index (χ3n) is 5.55. The number of anilines is 1. The van der Waals surface area contributed by atoms with E-state index in [-0.39, 0.29) is 10.1 Å². The first-order valence-electron chi connectivity index (χ1n) is 10.3. The summed E-state index contributed by atoms with van der Waals surface area (Å²) in [6, 6.07) is 6.30. The van der Waals surface area contributed by atoms with E-state index >= 15 is 0 Å². The molecule has 1 unspecified atom stereocenters. The first-order chi connectivity index (χ1) is 15.2. The van der Waals surface area contributed by atoms with Gasteiger partial charge in [0.2, 0.25) is 5.91 Å². The molecule has 1 amide bonds. The fourth-order valence-electron chi connectivity index (χ4n) is 3.78. The predicted octanol–water partition coefficient (Wildman–Crippen LogP) is 4.07. The highest BCUT2D eigenvalue weighted by Gasteiger charge is 2.42. The number of thiazole rings is 1. The molecule has 1 aliphatic rings. The summed E-state index contributed by atoms with van der Waals surface area (Å²) in [7, 11) is 0.163. The Kier molecular flexibility index (Phi) is 6.90. The Bertz CT molecular complexity index is 1220. The van der Waals surface area contributed by atoms with E-state index in [9.17, 15) is 13.2 Å². The van der Waals surface area contributed by atoms with Crippen LogP contribution in [0.25, 0.3) is 10.2 Å². The molecule has 1 aliphatic heterocycles. The zero-order valence-corrected chi connectivity index (χ0v) is 21.3. The zero-order chi connectivity index (χ0) is 23.0. The van der Waals surface area contributed by atoms with Gasteiger partial charge in [-0.3, -0.25) is 9.69 Å². The SMILES string of the molecule is Cc1c(Cl)ccc2sc(N(CCN(C)C)C(=O)C3CCCN3S(=O)(=O)c3cccs3)nc12. The number of halogens is 1. The molecule has 0 N–H and O–H groups in total. The van der Waals surface area contributed by atoms with E-state index in [0.717, 1.165) is 15.8 Å². The molecule has 0 saturated carbocycles. The normalized spacial score (nSPS) is 17.5. The van der Waals surface area contributed by atoms with E-state index < -0.39 is 16.1 Å². The highest BCUT2D eigenvalue weighted by molar-refractivity contribution is 7.91. The topological polar surface area (TPSA) is 73.8 Å². The first kappa shape index (κ1) is 23.6. The smallest absolute Gasteiger partial charge is 0.253 e. The molecule has 11 heteroatoms. The Morgan fingerprint density at radius 1 is 1.28 bits per heavy atom. The second-order valence-electron chi connectivity index (χ2n) is 8.01. The molecule has 0 bridgehead atoms. The number of thiophene rings is 1. The Morgan fingerprint density at radius 3 is 2.75 bits per heavy atom. The van der Waals surface area contributed by atoms with Crippen LogP contribution in [0.2, 0.25) is 5.02 Å². The van der Waals surface area contributed by atoms with Crippen LogP contribution in [0, 0.1) is 6.92 Å². The molecular weight excluding hydrogens is 488 g/mol. The van der Waals surface area contributed by atoms with Gasteiger partial charge in [0.15, 0.2) is 5.13 Å². The quantitative estimate of drug-likeness (QED) is 0.477. The summed E-state index contributed by atoms with van der Waals surface area (Å²) in [5.41, 5.74) is 1.64. The van der Waals surface area contributed by atoms with E-state index in [0.29, 0.717) is 42.6 Å². The number of carbonyl (C=O) groups excluding carboxylic acids is 1. The van der Waals surface area contributed by atoms with Gasteiger partial charge in [-0.15, -0.1) is 11.3 Å². The molecule has 1 fully saturated rings. The van der Waals surface area contributed by atoms with Crippen molar-refractivity contribution in [2.24, 2.45) is 0 Å². The molecule has 3 aromatic rings. The van der Waals surface area contributed by atoms with Crippen LogP contribution in [-0.2, 0) is 14.8 Å². The average molecular weight is 513 g/mol. The minimum absolute atomic E-state index is 0.229. The Hall–Kier alpha value is -1.56. The third kappa shape index (κ3) is 4.44. The molecule has 32 heavy (non-hydrogen) atoms. The molecule has 3 heterocycles. The molecular formula is C21H25ClN4O3S3. The second kappa shape index (κ2) is 9.36. The number of amides is 1. The van der Waals surface area contributed by atoms with Gasteiger partial charge >= 0.3 is 0 Å². The Labute approximate surface area is 201 Å². The van der Waals surface area contributed by atoms with Crippen LogP contribution in [0.3, 0.4) is 0 Å². The molecule has 1 atom stereocenters. The number of sulfonamides is 1. The van der Waals surface area contributed by atoms with Crippen molar-refractivity contribution in [3.8, 4) is 0 Å². The zero-order valence-electron chi connectivity index (χ0n) is 18.1. The van der Waals surface area contributed by atoms with Crippen molar-refractivity contribution in [3.63, 3.8) is 0 Å². The van der Waals surface area contributed by atoms with Crippen molar-refractivity contribution >= 4 is 65.6 Å². The number of rotatable bonds is 7. The number of benzene rings is 1. The van der Waals surface area contributed by atoms with Crippen molar-refractivity contribution in [1.82, 2.24) is 14.2 Å². The van der Waals surface area contributed by atoms with Crippen LogP contribution in [0.5, 0.6) is 0 Å². The molecule has 0 aliphatic carbocycles. The highest BCUT2D eigenvalue weighted by Crippen LogP contribution is 2.35. The number of nitrogens with zero attached hydrogens (tertiary/aromatic N) is 4. The predicted molar refractivity (Wildman–Crippen MR) is 132 cm³/mol. The second-order valence-corrected chi connectivity index (χ2v) is 12.5. The molecule has 7 nitrogen and oxygen atoms in total. The van der Waals surface area contributed by atoms with E-state index in [1.807, 2.05) is 38.1 Å². The van der Waals surface area contributed by atoms with Gasteiger partial charge in [0.25, 0.3) is 10.0 Å². The van der Waals surface area contributed by atoms with Gasteiger partial charge in [-0.2, -0.15) is 4.31 Å². The summed E-state index contributed by atoms with van der Waals surface area (Å²) in [4.78, 5) is 22.1. The standard InChI is InChI=1S/C21H25ClN4O3S3/c1-14-15(22)8-9-17-19(14)23-21(31-17)25(12-11-24(2)3)20(27)16-6-4-10-26(16)32(28,29)18-7-5-13-30-18/h5,7-9,13,16H,4,6,10-12H2,1-3H3. The lowest BCUT2D eigenvalue weighted by molar-refractivity contribution is -0.121. The highest BCUT2D eigenvalue weighted by atomic mass is 35.5. The molecule has 0 spiro atoms. The minimum Gasteiger partial charge on any atom is -0.308 e. The van der Waals surface area contributed by atoms with Gasteiger partial charge in [0, 0.05) is 24.7 Å². The fourth-order valence-corrected chi connectivity index (χ4v) is 7.76. The monoisotopic (exact) mass is 512 g/mol. The van der Waals surface area contributed by atoms with Crippen LogP contribution >= 0.6 is 34.3 Å². The lowest BCUT2D eigenvalue weighted by atomic mass is 10.2. The number of aromatic nitrogens is 1. The molecule has 2 aromatic heterocycles. The molecule has 0 radical (unpaired) electrons. The molecule has 1 aromatic carbocycles. The summed E-state index contributed by atoms with van der Waals surface area (Å²) in [5.74, 6) is -0.229. The summed E-state index contributed by atoms with van der Waals surface area (Å²) < 4.78 is 28.9. The largest absolute Gasteiger partial charge is 0.308 e. The van der Waals surface area contributed by atoms with Crippen molar-refractivity contribution in [1.29, 1.82) is 0 Å². The maximum absolute atomic E-state index is 13.8. The van der Waals surface area contributed by atoms with Crippen molar-refractivity contribution < 1.29 is 13.2 Å². The third-order valence-corrected chi connectivity index (χ3v) is 10.3. The molecule has 1 saturated heterocycles. The maximum atomic E-state index is 13.8. The minimum atomic E-state index is -3.71. The Balaban J connectivity index is 1.70. The number of aryl methyl sites for hydroxylation is 1. The van der Waals surface area contributed by atoms with Crippen molar-refractivity contribution in [2.75, 3.05) is 38.6 Å². The number of likely N-dealkylation sites (N-methyl/N-ethyl adjacent to an activating group) is 1. The summed E-state index contributed by atoms with van der Waals surface area (Å²) in [6.07, 6.45) is 1.15. The van der Waals surface area contributed by atoms with Crippen LogP contribution in [-0.4, -0.2) is 68.3 Å². The fraction of sp³-hybridized carbons (Fsp3) is 0.429. The Morgan fingerprint density at radius 2 is 2.06 bits per heavy atom. The summed E-state index contributed by atoms with van der Waals surface area (Å²) in [6.45, 7) is 3.30. The van der Waals surface area contributed by atoms with Gasteiger partial charge in [-0.25, -0.2) is 13.4 Å². The summed E-state index contributed by atoms with van der Waals surface area (Å²) in [5, 5.41) is 2.93. The van der Waals surface area contributed by atoms with E-state index in [1.165, 1.54) is 27.0 Å². The number of fused-ring (bicyclic) bond motifs is 1. The van der Waals surface area contributed by atoms with Crippen LogP contribution < -0.4 is 4.90 Å². The van der Waals surface area contributed by atoms with E-state index in [4.69, 9.17) is 16.6 Å². The lowest BCUT2D eigenvalue weighted by Crippen LogP contribution is -2.49. The van der Waals surface area contributed by atoms with Gasteiger partial charge in [0.1, 0.15) is 10.3 Å². The van der Waals surface area contributed by atoms with Gasteiger partial charge in [0.05, 0.1) is 10.2 Å². The van der Waals surface area contributed by atoms with E-state index in [1.54, 1.807) is 22.4 Å². The number of hydrogen-bond acceptors (Lipinski definition) is 7. The number of carbonyl (C=O) groups is 1. The van der Waals surface area contributed by atoms with Gasteiger partial charge in [-0.1, -0.05) is 29.0 Å². The van der Waals surface area contributed by atoms with E-state index in [2.05, 4.69) is 0 Å². The first-order valence-corrected chi connectivity index (χ1v) is 13.8. The van der Waals surface area contributed by atoms with Crippen LogP contribution in [0.4, 0.5) is 5.13 Å². The maximum Gasteiger partial charge on any atom is 0.253 e. The lowest BCUT2D eigenvalue weighted by Gasteiger charge is -2.29. The number of hydrogen-bond donors (Lipinski definition) is 0. The van der Waals surface area contributed by atoms with Crippen molar-refractivity contribution in [2.45, 2.75) is 30.0 Å².